The molecule has 0 atom stereocenters. The monoisotopic (exact) mass is 200 g/mol. The molecule has 0 bridgehead atoms. The molecule has 3 nitrogen and oxygen atoms in total. The Balaban J connectivity index is 2.52. The van der Waals surface area contributed by atoms with Gasteiger partial charge in [-0.1, -0.05) is 6.07 Å². The first kappa shape index (κ1) is 9.65. The summed E-state index contributed by atoms with van der Waals surface area (Å²) in [4.78, 5) is 17.3. The molecule has 1 amide bonds. The van der Waals surface area contributed by atoms with Gasteiger partial charge in [-0.05, 0) is 23.6 Å². The van der Waals surface area contributed by atoms with Crippen molar-refractivity contribution in [2.45, 2.75) is 0 Å². The first-order valence-corrected chi connectivity index (χ1v) is 4.74. The number of pyridine rings is 1. The summed E-state index contributed by atoms with van der Waals surface area (Å²) >= 11 is 0. The predicted molar refractivity (Wildman–Crippen MR) is 59.8 cm³/mol. The Bertz CT molecular complexity index is 506. The first-order valence-electron chi connectivity index (χ1n) is 4.74. The normalized spacial score (nSPS) is 10.3. The molecule has 0 radical (unpaired) electrons. The highest BCUT2D eigenvalue weighted by Crippen LogP contribution is 2.15. The second kappa shape index (κ2) is 3.69. The van der Waals surface area contributed by atoms with Gasteiger partial charge in [-0.25, -0.2) is 0 Å². The second-order valence-electron chi connectivity index (χ2n) is 3.64. The summed E-state index contributed by atoms with van der Waals surface area (Å²) in [6.45, 7) is 0. The van der Waals surface area contributed by atoms with E-state index in [1.807, 2.05) is 24.3 Å². The van der Waals surface area contributed by atoms with Gasteiger partial charge < -0.3 is 4.90 Å². The Morgan fingerprint density at radius 1 is 1.20 bits per heavy atom. The van der Waals surface area contributed by atoms with Gasteiger partial charge in [-0.3, -0.25) is 9.78 Å². The van der Waals surface area contributed by atoms with Crippen LogP contribution in [0.2, 0.25) is 0 Å². The molecule has 0 saturated carbocycles. The van der Waals surface area contributed by atoms with Gasteiger partial charge in [0.15, 0.2) is 0 Å². The molecule has 0 saturated heterocycles. The number of hydrogen-bond donors (Lipinski definition) is 0. The van der Waals surface area contributed by atoms with Crippen molar-refractivity contribution in [1.82, 2.24) is 9.88 Å². The fourth-order valence-corrected chi connectivity index (χ4v) is 1.47. The van der Waals surface area contributed by atoms with Gasteiger partial charge in [0, 0.05) is 37.4 Å². The molecule has 0 unspecified atom stereocenters. The summed E-state index contributed by atoms with van der Waals surface area (Å²) in [6.07, 6.45) is 3.52. The zero-order chi connectivity index (χ0) is 10.8. The summed E-state index contributed by atoms with van der Waals surface area (Å²) in [5, 5.41) is 2.09. The number of hydrogen-bond acceptors (Lipinski definition) is 2. The van der Waals surface area contributed by atoms with E-state index in [9.17, 15) is 4.79 Å². The van der Waals surface area contributed by atoms with E-state index in [1.54, 1.807) is 31.4 Å². The van der Waals surface area contributed by atoms with Crippen LogP contribution in [0, 0.1) is 0 Å². The zero-order valence-corrected chi connectivity index (χ0v) is 8.77. The van der Waals surface area contributed by atoms with Crippen LogP contribution in [0.4, 0.5) is 0 Å². The molecule has 0 aliphatic carbocycles. The maximum atomic E-state index is 11.7. The fourth-order valence-electron chi connectivity index (χ4n) is 1.47. The summed E-state index contributed by atoms with van der Waals surface area (Å²) in [7, 11) is 3.50. The third-order valence-electron chi connectivity index (χ3n) is 2.29. The maximum Gasteiger partial charge on any atom is 0.253 e. The number of aromatic nitrogens is 1. The van der Waals surface area contributed by atoms with Crippen molar-refractivity contribution in [2.75, 3.05) is 14.1 Å². The van der Waals surface area contributed by atoms with Crippen molar-refractivity contribution in [3.05, 3.63) is 42.2 Å². The van der Waals surface area contributed by atoms with Crippen LogP contribution in [0.5, 0.6) is 0 Å². The molecule has 1 heterocycles. The van der Waals surface area contributed by atoms with Crippen molar-refractivity contribution < 1.29 is 4.79 Å². The van der Waals surface area contributed by atoms with E-state index >= 15 is 0 Å². The number of fused-ring (bicyclic) bond motifs is 1. The van der Waals surface area contributed by atoms with Crippen molar-refractivity contribution in [3.63, 3.8) is 0 Å². The number of carbonyl (C=O) groups is 1. The highest BCUT2D eigenvalue weighted by molar-refractivity contribution is 5.98. The van der Waals surface area contributed by atoms with E-state index in [4.69, 9.17) is 0 Å². The van der Waals surface area contributed by atoms with Crippen molar-refractivity contribution in [3.8, 4) is 0 Å². The van der Waals surface area contributed by atoms with Crippen molar-refractivity contribution in [2.24, 2.45) is 0 Å². The smallest absolute Gasteiger partial charge is 0.253 e. The summed E-state index contributed by atoms with van der Waals surface area (Å²) < 4.78 is 0. The van der Waals surface area contributed by atoms with E-state index in [2.05, 4.69) is 4.98 Å². The largest absolute Gasteiger partial charge is 0.345 e. The Morgan fingerprint density at radius 2 is 2.00 bits per heavy atom. The standard InChI is InChI=1S/C12H12N2O/c1-14(2)12(15)10-3-4-11-8-13-6-5-9(11)7-10/h3-8H,1-2H3. The average molecular weight is 200 g/mol. The molecule has 76 valence electrons. The lowest BCUT2D eigenvalue weighted by atomic mass is 10.1. The lowest BCUT2D eigenvalue weighted by Gasteiger charge is -2.10. The SMILES string of the molecule is CN(C)C(=O)c1ccc2cnccc2c1. The molecule has 0 N–H and O–H groups in total. The quantitative estimate of drug-likeness (QED) is 0.704. The zero-order valence-electron chi connectivity index (χ0n) is 8.77. The Kier molecular flexibility index (Phi) is 2.37. The van der Waals surface area contributed by atoms with Gasteiger partial charge in [0.2, 0.25) is 0 Å². The molecular formula is C12H12N2O. The molecule has 1 aromatic carbocycles. The lowest BCUT2D eigenvalue weighted by molar-refractivity contribution is 0.0828. The lowest BCUT2D eigenvalue weighted by Crippen LogP contribution is -2.21. The number of nitrogens with zero attached hydrogens (tertiary/aromatic N) is 2. The van der Waals surface area contributed by atoms with Gasteiger partial charge in [-0.15, -0.1) is 0 Å². The van der Waals surface area contributed by atoms with Crippen LogP contribution in [0.25, 0.3) is 10.8 Å². The van der Waals surface area contributed by atoms with Crippen LogP contribution in [0.15, 0.2) is 36.7 Å². The predicted octanol–water partition coefficient (Wildman–Crippen LogP) is 1.94. The van der Waals surface area contributed by atoms with Crippen LogP contribution in [-0.2, 0) is 0 Å². The van der Waals surface area contributed by atoms with E-state index in [-0.39, 0.29) is 5.91 Å². The Hall–Kier alpha value is -1.90. The van der Waals surface area contributed by atoms with Crippen LogP contribution in [-0.4, -0.2) is 29.9 Å². The minimum absolute atomic E-state index is 0.0220. The van der Waals surface area contributed by atoms with Crippen molar-refractivity contribution in [1.29, 1.82) is 0 Å². The molecule has 2 aromatic rings. The summed E-state index contributed by atoms with van der Waals surface area (Å²) in [5.74, 6) is 0.0220. The molecule has 0 fully saturated rings. The van der Waals surface area contributed by atoms with Crippen molar-refractivity contribution >= 4 is 16.7 Å². The van der Waals surface area contributed by atoms with Gasteiger partial charge in [-0.2, -0.15) is 0 Å². The van der Waals surface area contributed by atoms with Crippen LogP contribution in [0.1, 0.15) is 10.4 Å². The maximum absolute atomic E-state index is 11.7. The number of amides is 1. The van der Waals surface area contributed by atoms with Crippen LogP contribution >= 0.6 is 0 Å². The molecule has 3 heteroatoms. The Morgan fingerprint density at radius 3 is 2.73 bits per heavy atom. The number of rotatable bonds is 1. The van der Waals surface area contributed by atoms with Gasteiger partial charge in [0.05, 0.1) is 0 Å². The molecule has 2 rings (SSSR count). The fraction of sp³-hybridized carbons (Fsp3) is 0.167. The molecule has 15 heavy (non-hydrogen) atoms. The second-order valence-corrected chi connectivity index (χ2v) is 3.64. The first-order chi connectivity index (χ1) is 7.18. The van der Waals surface area contributed by atoms with Gasteiger partial charge in [0.25, 0.3) is 5.91 Å². The molecular weight excluding hydrogens is 188 g/mol. The minimum atomic E-state index is 0.0220. The minimum Gasteiger partial charge on any atom is -0.345 e. The van der Waals surface area contributed by atoms with Crippen LogP contribution < -0.4 is 0 Å². The third kappa shape index (κ3) is 1.81. The third-order valence-corrected chi connectivity index (χ3v) is 2.29. The number of carbonyl (C=O) groups excluding carboxylic acids is 1. The average Bonchev–Trinajstić information content (AvgIpc) is 2.27. The van der Waals surface area contributed by atoms with E-state index < -0.39 is 0 Å². The summed E-state index contributed by atoms with van der Waals surface area (Å²) in [5.41, 5.74) is 0.707. The summed E-state index contributed by atoms with van der Waals surface area (Å²) in [6, 6.07) is 7.53. The molecule has 1 aromatic heterocycles. The molecule has 0 aliphatic rings. The van der Waals surface area contributed by atoms with E-state index in [1.165, 1.54) is 0 Å². The highest BCUT2D eigenvalue weighted by Gasteiger charge is 2.07. The Labute approximate surface area is 88.3 Å². The highest BCUT2D eigenvalue weighted by atomic mass is 16.2. The van der Waals surface area contributed by atoms with E-state index in [0.29, 0.717) is 5.56 Å². The molecule has 0 spiro atoms. The molecule has 0 aliphatic heterocycles. The van der Waals surface area contributed by atoms with E-state index in [0.717, 1.165) is 10.8 Å². The van der Waals surface area contributed by atoms with Gasteiger partial charge in [0.1, 0.15) is 0 Å². The topological polar surface area (TPSA) is 33.2 Å². The van der Waals surface area contributed by atoms with Crippen LogP contribution in [0.3, 0.4) is 0 Å². The number of benzene rings is 1. The van der Waals surface area contributed by atoms with Gasteiger partial charge >= 0.3 is 0 Å².